The van der Waals surface area contributed by atoms with E-state index in [-0.39, 0.29) is 11.8 Å². The van der Waals surface area contributed by atoms with Gasteiger partial charge in [0, 0.05) is 36.0 Å². The van der Waals surface area contributed by atoms with Crippen molar-refractivity contribution in [1.29, 1.82) is 0 Å². The van der Waals surface area contributed by atoms with Crippen LogP contribution in [0.5, 0.6) is 11.5 Å². The van der Waals surface area contributed by atoms with E-state index in [2.05, 4.69) is 29.4 Å². The molecule has 156 valence electrons. The highest BCUT2D eigenvalue weighted by Gasteiger charge is 2.14. The lowest BCUT2D eigenvalue weighted by Gasteiger charge is -2.17. The second kappa shape index (κ2) is 11.0. The van der Waals surface area contributed by atoms with Gasteiger partial charge in [0.25, 0.3) is 5.91 Å². The van der Waals surface area contributed by atoms with Crippen LogP contribution in [-0.2, 0) is 6.61 Å². The third-order valence-corrected chi connectivity index (χ3v) is 4.90. The number of hydrogen-bond donors (Lipinski definition) is 1. The molecule has 0 aliphatic heterocycles. The Balaban J connectivity index is 1.66. The van der Waals surface area contributed by atoms with E-state index in [0.717, 1.165) is 12.0 Å². The van der Waals surface area contributed by atoms with E-state index in [0.29, 0.717) is 36.8 Å². The molecule has 30 heavy (non-hydrogen) atoms. The van der Waals surface area contributed by atoms with E-state index in [4.69, 9.17) is 9.47 Å². The summed E-state index contributed by atoms with van der Waals surface area (Å²) in [5.74, 6) is 1.32. The number of benzene rings is 2. The van der Waals surface area contributed by atoms with E-state index < -0.39 is 0 Å². The van der Waals surface area contributed by atoms with Gasteiger partial charge in [-0.3, -0.25) is 9.78 Å². The van der Waals surface area contributed by atoms with Crippen LogP contribution in [0.2, 0.25) is 0 Å². The van der Waals surface area contributed by atoms with Gasteiger partial charge in [-0.25, -0.2) is 0 Å². The van der Waals surface area contributed by atoms with Crippen molar-refractivity contribution in [3.63, 3.8) is 0 Å². The summed E-state index contributed by atoms with van der Waals surface area (Å²) in [5.41, 5.74) is 2.75. The number of aromatic nitrogens is 1. The van der Waals surface area contributed by atoms with Crippen LogP contribution in [-0.4, -0.2) is 24.0 Å². The van der Waals surface area contributed by atoms with Crippen molar-refractivity contribution in [3.8, 4) is 11.5 Å². The van der Waals surface area contributed by atoms with E-state index in [1.807, 2.05) is 37.3 Å². The number of rotatable bonds is 10. The normalized spacial score (nSPS) is 11.5. The Hall–Kier alpha value is -3.34. The Labute approximate surface area is 178 Å². The zero-order chi connectivity index (χ0) is 21.2. The van der Waals surface area contributed by atoms with Gasteiger partial charge in [0.05, 0.1) is 6.61 Å². The molecule has 0 fully saturated rings. The van der Waals surface area contributed by atoms with E-state index in [1.54, 1.807) is 30.6 Å². The summed E-state index contributed by atoms with van der Waals surface area (Å²) in [6.45, 7) is 5.49. The molecule has 3 rings (SSSR count). The molecule has 0 bridgehead atoms. The minimum atomic E-state index is -0.121. The Morgan fingerprint density at radius 3 is 2.53 bits per heavy atom. The number of ether oxygens (including phenoxy) is 2. The van der Waals surface area contributed by atoms with Crippen molar-refractivity contribution in [3.05, 3.63) is 89.7 Å². The van der Waals surface area contributed by atoms with Crippen LogP contribution >= 0.6 is 0 Å². The molecule has 0 saturated heterocycles. The first-order chi connectivity index (χ1) is 14.7. The summed E-state index contributed by atoms with van der Waals surface area (Å²) in [7, 11) is 0. The third-order valence-electron chi connectivity index (χ3n) is 4.90. The second-order valence-corrected chi connectivity index (χ2v) is 6.97. The molecule has 1 atom stereocenters. The molecule has 5 nitrogen and oxygen atoms in total. The van der Waals surface area contributed by atoms with Crippen LogP contribution in [0, 0.1) is 0 Å². The molecule has 0 spiro atoms. The van der Waals surface area contributed by atoms with Gasteiger partial charge in [-0.05, 0) is 43.2 Å². The van der Waals surface area contributed by atoms with Gasteiger partial charge in [-0.15, -0.1) is 0 Å². The lowest BCUT2D eigenvalue weighted by Crippen LogP contribution is -2.28. The Bertz CT molecular complexity index is 930. The Kier molecular flexibility index (Phi) is 7.84. The van der Waals surface area contributed by atoms with Crippen molar-refractivity contribution in [2.75, 3.05) is 13.2 Å². The van der Waals surface area contributed by atoms with Gasteiger partial charge in [-0.1, -0.05) is 43.3 Å². The molecule has 0 radical (unpaired) electrons. The molecular weight excluding hydrogens is 376 g/mol. The highest BCUT2D eigenvalue weighted by Crippen LogP contribution is 2.29. The predicted octanol–water partition coefficient (Wildman–Crippen LogP) is 4.98. The van der Waals surface area contributed by atoms with Gasteiger partial charge in [0.1, 0.15) is 6.61 Å². The second-order valence-electron chi connectivity index (χ2n) is 6.97. The first-order valence-corrected chi connectivity index (χ1v) is 10.3. The number of carbonyl (C=O) groups is 1. The first-order valence-electron chi connectivity index (χ1n) is 10.3. The van der Waals surface area contributed by atoms with Crippen LogP contribution in [0.4, 0.5) is 0 Å². The molecule has 2 aromatic carbocycles. The molecule has 0 aliphatic rings. The predicted molar refractivity (Wildman–Crippen MR) is 118 cm³/mol. The van der Waals surface area contributed by atoms with Crippen molar-refractivity contribution < 1.29 is 14.3 Å². The average Bonchev–Trinajstić information content (AvgIpc) is 2.80. The van der Waals surface area contributed by atoms with Crippen molar-refractivity contribution in [2.24, 2.45) is 0 Å². The van der Waals surface area contributed by atoms with Crippen molar-refractivity contribution in [1.82, 2.24) is 10.3 Å². The first kappa shape index (κ1) is 21.4. The van der Waals surface area contributed by atoms with Crippen LogP contribution < -0.4 is 14.8 Å². The average molecular weight is 405 g/mol. The monoisotopic (exact) mass is 404 g/mol. The molecule has 1 heterocycles. The highest BCUT2D eigenvalue weighted by molar-refractivity contribution is 5.94. The van der Waals surface area contributed by atoms with Gasteiger partial charge < -0.3 is 14.8 Å². The molecule has 0 saturated carbocycles. The van der Waals surface area contributed by atoms with Gasteiger partial charge in [0.2, 0.25) is 0 Å². The summed E-state index contributed by atoms with van der Waals surface area (Å²) in [6, 6.07) is 19.4. The van der Waals surface area contributed by atoms with Crippen molar-refractivity contribution >= 4 is 5.91 Å². The fourth-order valence-corrected chi connectivity index (χ4v) is 3.22. The van der Waals surface area contributed by atoms with Gasteiger partial charge in [-0.2, -0.15) is 0 Å². The van der Waals surface area contributed by atoms with Crippen molar-refractivity contribution in [2.45, 2.75) is 32.8 Å². The summed E-state index contributed by atoms with van der Waals surface area (Å²) in [4.78, 5) is 16.8. The molecule has 1 amide bonds. The summed E-state index contributed by atoms with van der Waals surface area (Å²) < 4.78 is 11.6. The molecule has 5 heteroatoms. The summed E-state index contributed by atoms with van der Waals surface area (Å²) in [5, 5.41) is 3.05. The fourth-order valence-electron chi connectivity index (χ4n) is 3.22. The number of pyridine rings is 1. The number of carbonyl (C=O) groups excluding carboxylic acids is 1. The number of nitrogens with one attached hydrogen (secondary N) is 1. The Morgan fingerprint density at radius 1 is 1.00 bits per heavy atom. The van der Waals surface area contributed by atoms with E-state index in [9.17, 15) is 4.79 Å². The lowest BCUT2D eigenvalue weighted by atomic mass is 9.96. The number of nitrogens with zero attached hydrogens (tertiary/aromatic N) is 1. The lowest BCUT2D eigenvalue weighted by molar-refractivity contribution is 0.0950. The Morgan fingerprint density at radius 2 is 1.83 bits per heavy atom. The summed E-state index contributed by atoms with van der Waals surface area (Å²) in [6.07, 6.45) is 4.44. The van der Waals surface area contributed by atoms with Gasteiger partial charge >= 0.3 is 0 Å². The standard InChI is InChI=1S/C25H28N2O3/c1-3-20(21-10-6-5-7-11-21)17-27-25(28)22-12-13-23(24(15-22)29-4-2)30-18-19-9-8-14-26-16-19/h5-16,20H,3-4,17-18H2,1-2H3,(H,27,28). The van der Waals surface area contributed by atoms with Crippen LogP contribution in [0.3, 0.4) is 0 Å². The topological polar surface area (TPSA) is 60.5 Å². The fraction of sp³-hybridized carbons (Fsp3) is 0.280. The summed E-state index contributed by atoms with van der Waals surface area (Å²) >= 11 is 0. The number of amides is 1. The molecule has 1 N–H and O–H groups in total. The molecule has 3 aromatic rings. The zero-order valence-corrected chi connectivity index (χ0v) is 17.5. The highest BCUT2D eigenvalue weighted by atomic mass is 16.5. The van der Waals surface area contributed by atoms with Crippen LogP contribution in [0.25, 0.3) is 0 Å². The quantitative estimate of drug-likeness (QED) is 0.518. The van der Waals surface area contributed by atoms with E-state index in [1.165, 1.54) is 5.56 Å². The molecular formula is C25H28N2O3. The maximum absolute atomic E-state index is 12.7. The van der Waals surface area contributed by atoms with Crippen LogP contribution in [0.15, 0.2) is 73.1 Å². The largest absolute Gasteiger partial charge is 0.490 e. The maximum atomic E-state index is 12.7. The minimum absolute atomic E-state index is 0.121. The zero-order valence-electron chi connectivity index (χ0n) is 17.5. The van der Waals surface area contributed by atoms with E-state index >= 15 is 0 Å². The minimum Gasteiger partial charge on any atom is -0.490 e. The van der Waals surface area contributed by atoms with Gasteiger partial charge in [0.15, 0.2) is 11.5 Å². The van der Waals surface area contributed by atoms with Crippen LogP contribution in [0.1, 0.15) is 47.7 Å². The molecule has 1 aromatic heterocycles. The smallest absolute Gasteiger partial charge is 0.251 e. The molecule has 0 aliphatic carbocycles. The molecule has 1 unspecified atom stereocenters. The SMILES string of the molecule is CCOc1cc(C(=O)NCC(CC)c2ccccc2)ccc1OCc1cccnc1. The number of hydrogen-bond acceptors (Lipinski definition) is 4. The maximum Gasteiger partial charge on any atom is 0.251 e. The third kappa shape index (κ3) is 5.83.